The second-order valence-corrected chi connectivity index (χ2v) is 8.29. The van der Waals surface area contributed by atoms with Crippen LogP contribution in [0, 0.1) is 7.14 Å². The Hall–Kier alpha value is -2.03. The van der Waals surface area contributed by atoms with E-state index in [2.05, 4.69) is 60.7 Å². The summed E-state index contributed by atoms with van der Waals surface area (Å²) in [5.74, 6) is 0. The van der Waals surface area contributed by atoms with Crippen LogP contribution in [0.25, 0.3) is 0 Å². The number of halogens is 7. The number of benzene rings is 3. The van der Waals surface area contributed by atoms with Crippen molar-refractivity contribution in [3.05, 3.63) is 103 Å². The van der Waals surface area contributed by atoms with E-state index in [1.54, 1.807) is 0 Å². The van der Waals surface area contributed by atoms with E-state index in [4.69, 9.17) is 0 Å². The zero-order valence-corrected chi connectivity index (χ0v) is 15.9. The van der Waals surface area contributed by atoms with Gasteiger partial charge in [0.25, 0.3) is 0 Å². The molecule has 0 radical (unpaired) electrons. The first-order valence-electron chi connectivity index (χ1n) is 7.65. The van der Waals surface area contributed by atoms with Gasteiger partial charge in [-0.15, -0.1) is 0 Å². The Morgan fingerprint density at radius 1 is 0.481 bits per heavy atom. The third-order valence-corrected chi connectivity index (χ3v) is 5.89. The molecule has 7 heteroatoms. The summed E-state index contributed by atoms with van der Waals surface area (Å²) >= 11 is 0.0287. The third kappa shape index (κ3) is 7.24. The molecule has 3 rings (SSSR count). The molecule has 0 unspecified atom stereocenters. The van der Waals surface area contributed by atoms with Gasteiger partial charge in [-0.05, 0) is 18.2 Å². The van der Waals surface area contributed by atoms with E-state index in [1.807, 2.05) is 0 Å². The zero-order chi connectivity index (χ0) is 19.9. The van der Waals surface area contributed by atoms with E-state index in [0.717, 1.165) is 6.07 Å². The molecule has 0 atom stereocenters. The molecule has 0 aliphatic rings. The molecule has 0 bridgehead atoms. The topological polar surface area (TPSA) is 0 Å². The average molecular weight is 495 g/mol. The van der Waals surface area contributed by atoms with Crippen molar-refractivity contribution in [3.8, 4) is 0 Å². The van der Waals surface area contributed by atoms with Crippen molar-refractivity contribution in [1.82, 2.24) is 0 Å². The summed E-state index contributed by atoms with van der Waals surface area (Å²) in [6.07, 6.45) is -9.50. The van der Waals surface area contributed by atoms with Crippen LogP contribution in [0.3, 0.4) is 0 Å². The SMILES string of the molecule is FC(F)(F)c1cccc(C(F)(F)F)c1.c1ccc([I-]c2ccccc2)cc1. The summed E-state index contributed by atoms with van der Waals surface area (Å²) in [5, 5.41) is 0. The van der Waals surface area contributed by atoms with E-state index in [1.165, 1.54) is 7.14 Å². The van der Waals surface area contributed by atoms with Crippen LogP contribution in [0.4, 0.5) is 26.3 Å². The van der Waals surface area contributed by atoms with Crippen LogP contribution in [0.15, 0.2) is 84.9 Å². The monoisotopic (exact) mass is 495 g/mol. The molecule has 0 saturated heterocycles. The molecule has 0 aliphatic heterocycles. The fourth-order valence-electron chi connectivity index (χ4n) is 1.95. The summed E-state index contributed by atoms with van der Waals surface area (Å²) in [7, 11) is 0. The average Bonchev–Trinajstić information content (AvgIpc) is 2.63. The van der Waals surface area contributed by atoms with Gasteiger partial charge in [0.2, 0.25) is 0 Å². The van der Waals surface area contributed by atoms with Crippen LogP contribution in [-0.2, 0) is 12.4 Å². The fraction of sp³-hybridized carbons (Fsp3) is 0.100. The van der Waals surface area contributed by atoms with Gasteiger partial charge in [-0.1, -0.05) is 6.07 Å². The Labute approximate surface area is 163 Å². The maximum absolute atomic E-state index is 12.0. The number of alkyl halides is 6. The van der Waals surface area contributed by atoms with E-state index in [9.17, 15) is 26.3 Å². The molecule has 0 fully saturated rings. The van der Waals surface area contributed by atoms with Crippen molar-refractivity contribution in [1.29, 1.82) is 0 Å². The summed E-state index contributed by atoms with van der Waals surface area (Å²) in [6.45, 7) is 0. The fourth-order valence-corrected chi connectivity index (χ4v) is 4.22. The van der Waals surface area contributed by atoms with Gasteiger partial charge in [0, 0.05) is 0 Å². The predicted octanol–water partition coefficient (Wildman–Crippen LogP) is 3.54. The van der Waals surface area contributed by atoms with Crippen LogP contribution in [0.5, 0.6) is 0 Å². The van der Waals surface area contributed by atoms with Crippen LogP contribution in [0.2, 0.25) is 0 Å². The molecule has 3 aromatic rings. The van der Waals surface area contributed by atoms with Crippen molar-refractivity contribution in [3.63, 3.8) is 0 Å². The van der Waals surface area contributed by atoms with Gasteiger partial charge < -0.3 is 0 Å². The van der Waals surface area contributed by atoms with Gasteiger partial charge in [-0.25, -0.2) is 0 Å². The number of hydrogen-bond acceptors (Lipinski definition) is 0. The summed E-state index contributed by atoms with van der Waals surface area (Å²) < 4.78 is 74.9. The molecule has 0 nitrogen and oxygen atoms in total. The molecule has 0 spiro atoms. The molecule has 0 aliphatic carbocycles. The van der Waals surface area contributed by atoms with Crippen LogP contribution < -0.4 is 21.2 Å². The van der Waals surface area contributed by atoms with Gasteiger partial charge in [-0.2, -0.15) is 26.3 Å². The van der Waals surface area contributed by atoms with E-state index < -0.39 is 23.5 Å². The zero-order valence-electron chi connectivity index (χ0n) is 13.7. The molecule has 27 heavy (non-hydrogen) atoms. The van der Waals surface area contributed by atoms with Gasteiger partial charge in [0.05, 0.1) is 11.1 Å². The van der Waals surface area contributed by atoms with Gasteiger partial charge in [-0.3, -0.25) is 0 Å². The molecule has 144 valence electrons. The molecule has 0 N–H and O–H groups in total. The Balaban J connectivity index is 0.000000194. The van der Waals surface area contributed by atoms with Crippen LogP contribution >= 0.6 is 0 Å². The molecule has 0 heterocycles. The van der Waals surface area contributed by atoms with Gasteiger partial charge in [0.15, 0.2) is 0 Å². The minimum atomic E-state index is -4.75. The molecular formula is C20H14F6I-. The minimum absolute atomic E-state index is 0.0287. The number of rotatable bonds is 2. The third-order valence-electron chi connectivity index (χ3n) is 3.20. The first-order valence-corrected chi connectivity index (χ1v) is 9.81. The maximum atomic E-state index is 12.0. The Morgan fingerprint density at radius 2 is 0.852 bits per heavy atom. The van der Waals surface area contributed by atoms with E-state index in [-0.39, 0.29) is 27.3 Å². The first-order chi connectivity index (χ1) is 12.7. The van der Waals surface area contributed by atoms with Gasteiger partial charge >= 0.3 is 101 Å². The van der Waals surface area contributed by atoms with Crippen molar-refractivity contribution in [2.75, 3.05) is 0 Å². The van der Waals surface area contributed by atoms with Gasteiger partial charge in [0.1, 0.15) is 0 Å². The van der Waals surface area contributed by atoms with Crippen molar-refractivity contribution in [2.24, 2.45) is 0 Å². The normalized spacial score (nSPS) is 11.6. The molecule has 0 saturated carbocycles. The van der Waals surface area contributed by atoms with Crippen LogP contribution in [-0.4, -0.2) is 0 Å². The van der Waals surface area contributed by atoms with Crippen molar-refractivity contribution in [2.45, 2.75) is 12.4 Å². The van der Waals surface area contributed by atoms with Crippen molar-refractivity contribution < 1.29 is 47.5 Å². The van der Waals surface area contributed by atoms with E-state index >= 15 is 0 Å². The summed E-state index contributed by atoms with van der Waals surface area (Å²) in [6, 6.07) is 23.4. The molecule has 3 aromatic carbocycles. The standard InChI is InChI=1S/C12H10I.C8H4F6/c1-3-7-11(8-4-1)13-12-9-5-2-6-10-12;9-7(10,11)5-2-1-3-6(4-5)8(12,13)14/h1-10H;1-4H/q-1;. The Morgan fingerprint density at radius 3 is 1.19 bits per heavy atom. The molecular weight excluding hydrogens is 481 g/mol. The van der Waals surface area contributed by atoms with E-state index in [0.29, 0.717) is 12.1 Å². The second-order valence-electron chi connectivity index (χ2n) is 5.26. The summed E-state index contributed by atoms with van der Waals surface area (Å²) in [5.41, 5.74) is -2.60. The molecule has 0 aromatic heterocycles. The molecule has 0 amide bonds. The quantitative estimate of drug-likeness (QED) is 0.377. The van der Waals surface area contributed by atoms with Crippen LogP contribution in [0.1, 0.15) is 11.1 Å². The van der Waals surface area contributed by atoms with Crippen molar-refractivity contribution >= 4 is 0 Å². The Kier molecular flexibility index (Phi) is 7.29. The predicted molar refractivity (Wildman–Crippen MR) is 86.7 cm³/mol. The Bertz CT molecular complexity index is 760. The second kappa shape index (κ2) is 9.25. The number of hydrogen-bond donors (Lipinski definition) is 0. The first kappa shape index (κ1) is 21.3. The summed E-state index contributed by atoms with van der Waals surface area (Å²) in [4.78, 5) is 0.